The Morgan fingerprint density at radius 1 is 1.56 bits per heavy atom. The molecule has 0 bridgehead atoms. The molecule has 0 aromatic heterocycles. The molecular formula is C8H12O. The van der Waals surface area contributed by atoms with Crippen molar-refractivity contribution in [3.05, 3.63) is 0 Å². The minimum atomic E-state index is 0.531. The standard InChI is InChI=1S/C8H12O/c1-3-4-7(2)8-5-9-6-8/h7-8H,5-6H2,1-2H3. The fraction of sp³-hybridized carbons (Fsp3) is 0.750. The highest BCUT2D eigenvalue weighted by Gasteiger charge is 2.23. The van der Waals surface area contributed by atoms with E-state index in [1.165, 1.54) is 0 Å². The second kappa shape index (κ2) is 2.89. The summed E-state index contributed by atoms with van der Waals surface area (Å²) in [6.45, 7) is 5.87. The van der Waals surface area contributed by atoms with Crippen LogP contribution in [0.15, 0.2) is 0 Å². The molecule has 0 amide bonds. The van der Waals surface area contributed by atoms with Crippen molar-refractivity contribution in [2.45, 2.75) is 13.8 Å². The molecule has 1 fully saturated rings. The Morgan fingerprint density at radius 2 is 2.22 bits per heavy atom. The summed E-state index contributed by atoms with van der Waals surface area (Å²) >= 11 is 0. The second-order valence-electron chi connectivity index (χ2n) is 2.48. The van der Waals surface area contributed by atoms with Crippen molar-refractivity contribution in [1.29, 1.82) is 0 Å². The molecule has 0 spiro atoms. The number of ether oxygens (including phenoxy) is 1. The van der Waals surface area contributed by atoms with Gasteiger partial charge in [-0.05, 0) is 6.92 Å². The summed E-state index contributed by atoms with van der Waals surface area (Å²) in [5, 5.41) is 0. The highest BCUT2D eigenvalue weighted by Crippen LogP contribution is 2.18. The van der Waals surface area contributed by atoms with Gasteiger partial charge in [0, 0.05) is 11.8 Å². The Hall–Kier alpha value is -0.480. The molecule has 0 aromatic carbocycles. The van der Waals surface area contributed by atoms with Crippen LogP contribution in [0.1, 0.15) is 13.8 Å². The molecule has 1 rings (SSSR count). The average Bonchev–Trinajstić information content (AvgIpc) is 1.60. The Morgan fingerprint density at radius 3 is 2.56 bits per heavy atom. The molecule has 1 saturated heterocycles. The van der Waals surface area contributed by atoms with Crippen LogP contribution in [-0.2, 0) is 4.74 Å². The summed E-state index contributed by atoms with van der Waals surface area (Å²) in [6.07, 6.45) is 0. The fourth-order valence-electron chi connectivity index (χ4n) is 0.888. The van der Waals surface area contributed by atoms with E-state index in [1.54, 1.807) is 0 Å². The van der Waals surface area contributed by atoms with E-state index in [0.717, 1.165) is 13.2 Å². The van der Waals surface area contributed by atoms with Crippen molar-refractivity contribution in [3.8, 4) is 11.8 Å². The third kappa shape index (κ3) is 1.46. The summed E-state index contributed by atoms with van der Waals surface area (Å²) in [6, 6.07) is 0. The summed E-state index contributed by atoms with van der Waals surface area (Å²) in [5.74, 6) is 7.27. The van der Waals surface area contributed by atoms with E-state index in [9.17, 15) is 0 Å². The van der Waals surface area contributed by atoms with Crippen molar-refractivity contribution < 1.29 is 4.74 Å². The van der Waals surface area contributed by atoms with Gasteiger partial charge in [0.05, 0.1) is 13.2 Å². The van der Waals surface area contributed by atoms with Gasteiger partial charge in [-0.2, -0.15) is 0 Å². The second-order valence-corrected chi connectivity index (χ2v) is 2.48. The lowest BCUT2D eigenvalue weighted by atomic mass is 9.93. The first-order chi connectivity index (χ1) is 4.34. The topological polar surface area (TPSA) is 9.23 Å². The third-order valence-corrected chi connectivity index (χ3v) is 1.74. The normalized spacial score (nSPS) is 21.6. The van der Waals surface area contributed by atoms with Gasteiger partial charge < -0.3 is 4.74 Å². The van der Waals surface area contributed by atoms with Crippen LogP contribution in [0.3, 0.4) is 0 Å². The van der Waals surface area contributed by atoms with Crippen molar-refractivity contribution in [3.63, 3.8) is 0 Å². The van der Waals surface area contributed by atoms with Crippen LogP contribution in [0.25, 0.3) is 0 Å². The van der Waals surface area contributed by atoms with Crippen LogP contribution in [0.5, 0.6) is 0 Å². The molecule has 0 radical (unpaired) electrons. The number of hydrogen-bond donors (Lipinski definition) is 0. The Labute approximate surface area is 56.4 Å². The maximum atomic E-state index is 5.03. The largest absolute Gasteiger partial charge is 0.381 e. The predicted octanol–water partition coefficient (Wildman–Crippen LogP) is 1.29. The Kier molecular flexibility index (Phi) is 2.13. The quantitative estimate of drug-likeness (QED) is 0.479. The molecule has 0 aliphatic carbocycles. The molecule has 1 aliphatic heterocycles. The highest BCUT2D eigenvalue weighted by molar-refractivity contribution is 5.02. The van der Waals surface area contributed by atoms with Gasteiger partial charge in [-0.15, -0.1) is 11.8 Å². The molecule has 1 unspecified atom stereocenters. The van der Waals surface area contributed by atoms with Crippen molar-refractivity contribution in [2.24, 2.45) is 11.8 Å². The van der Waals surface area contributed by atoms with Crippen LogP contribution < -0.4 is 0 Å². The summed E-state index contributed by atoms with van der Waals surface area (Å²) in [5.41, 5.74) is 0. The maximum absolute atomic E-state index is 5.03. The van der Waals surface area contributed by atoms with Crippen molar-refractivity contribution in [2.75, 3.05) is 13.2 Å². The zero-order valence-corrected chi connectivity index (χ0v) is 5.98. The van der Waals surface area contributed by atoms with E-state index < -0.39 is 0 Å². The third-order valence-electron chi connectivity index (χ3n) is 1.74. The lowest BCUT2D eigenvalue weighted by molar-refractivity contribution is -0.0465. The predicted molar refractivity (Wildman–Crippen MR) is 36.9 cm³/mol. The molecule has 9 heavy (non-hydrogen) atoms. The van der Waals surface area contributed by atoms with Gasteiger partial charge in [-0.3, -0.25) is 0 Å². The van der Waals surface area contributed by atoms with Gasteiger partial charge in [0.2, 0.25) is 0 Å². The van der Waals surface area contributed by atoms with Crippen LogP contribution >= 0.6 is 0 Å². The maximum Gasteiger partial charge on any atom is 0.0528 e. The molecule has 0 saturated carbocycles. The number of rotatable bonds is 1. The molecule has 1 aliphatic rings. The van der Waals surface area contributed by atoms with E-state index in [2.05, 4.69) is 18.8 Å². The van der Waals surface area contributed by atoms with Gasteiger partial charge >= 0.3 is 0 Å². The van der Waals surface area contributed by atoms with Gasteiger partial charge in [0.15, 0.2) is 0 Å². The van der Waals surface area contributed by atoms with Crippen LogP contribution in [0.2, 0.25) is 0 Å². The average molecular weight is 124 g/mol. The van der Waals surface area contributed by atoms with E-state index in [1.807, 2.05) is 6.92 Å². The smallest absolute Gasteiger partial charge is 0.0528 e. The fourth-order valence-corrected chi connectivity index (χ4v) is 0.888. The lowest BCUT2D eigenvalue weighted by Crippen LogP contribution is -2.32. The first kappa shape index (κ1) is 6.64. The molecule has 0 aromatic rings. The Balaban J connectivity index is 2.29. The van der Waals surface area contributed by atoms with Gasteiger partial charge in [-0.1, -0.05) is 6.92 Å². The first-order valence-electron chi connectivity index (χ1n) is 3.34. The monoisotopic (exact) mass is 124 g/mol. The molecule has 1 atom stereocenters. The van der Waals surface area contributed by atoms with Gasteiger partial charge in [0.25, 0.3) is 0 Å². The van der Waals surface area contributed by atoms with Gasteiger partial charge in [0.1, 0.15) is 0 Å². The van der Waals surface area contributed by atoms with E-state index in [4.69, 9.17) is 4.74 Å². The minimum absolute atomic E-state index is 0.531. The first-order valence-corrected chi connectivity index (χ1v) is 3.34. The number of hydrogen-bond acceptors (Lipinski definition) is 1. The van der Waals surface area contributed by atoms with Crippen molar-refractivity contribution >= 4 is 0 Å². The highest BCUT2D eigenvalue weighted by atomic mass is 16.5. The van der Waals surface area contributed by atoms with Crippen LogP contribution in [-0.4, -0.2) is 13.2 Å². The van der Waals surface area contributed by atoms with Crippen LogP contribution in [0.4, 0.5) is 0 Å². The zero-order valence-electron chi connectivity index (χ0n) is 5.98. The molecule has 50 valence electrons. The molecule has 1 heteroatoms. The van der Waals surface area contributed by atoms with Crippen LogP contribution in [0, 0.1) is 23.7 Å². The summed E-state index contributed by atoms with van der Waals surface area (Å²) in [4.78, 5) is 0. The SMILES string of the molecule is CC#CC(C)C1COC1. The molecule has 0 N–H and O–H groups in total. The van der Waals surface area contributed by atoms with E-state index in [0.29, 0.717) is 11.8 Å². The Bertz CT molecular complexity index is 136. The minimum Gasteiger partial charge on any atom is -0.381 e. The van der Waals surface area contributed by atoms with E-state index >= 15 is 0 Å². The lowest BCUT2D eigenvalue weighted by Gasteiger charge is -2.28. The molecule has 1 nitrogen and oxygen atoms in total. The van der Waals surface area contributed by atoms with Gasteiger partial charge in [-0.25, -0.2) is 0 Å². The van der Waals surface area contributed by atoms with Crippen molar-refractivity contribution in [1.82, 2.24) is 0 Å². The zero-order chi connectivity index (χ0) is 6.69. The summed E-state index contributed by atoms with van der Waals surface area (Å²) < 4.78 is 5.03. The molecular weight excluding hydrogens is 112 g/mol. The summed E-state index contributed by atoms with van der Waals surface area (Å²) in [7, 11) is 0. The van der Waals surface area contributed by atoms with E-state index in [-0.39, 0.29) is 0 Å². The molecule has 1 heterocycles.